The van der Waals surface area contributed by atoms with Crippen LogP contribution in [0.25, 0.3) is 0 Å². The molecule has 0 aliphatic heterocycles. The van der Waals surface area contributed by atoms with Crippen molar-refractivity contribution in [2.75, 3.05) is 26.4 Å². The van der Waals surface area contributed by atoms with E-state index >= 15 is 0 Å². The van der Waals surface area contributed by atoms with Crippen LogP contribution >= 0.6 is 0 Å². The van der Waals surface area contributed by atoms with Gasteiger partial charge >= 0.3 is 0 Å². The third-order valence-corrected chi connectivity index (χ3v) is 2.84. The molecule has 1 aliphatic carbocycles. The molecule has 1 rings (SSSR count). The Kier molecular flexibility index (Phi) is 6.92. The number of nitrogens with one attached hydrogen (secondary N) is 1. The highest BCUT2D eigenvalue weighted by atomic mass is 16.5. The van der Waals surface area contributed by atoms with Crippen LogP contribution in [0, 0.1) is 0 Å². The minimum absolute atomic E-state index is 0.0920. The van der Waals surface area contributed by atoms with Crippen LogP contribution in [0.4, 0.5) is 0 Å². The third kappa shape index (κ3) is 5.47. The van der Waals surface area contributed by atoms with Gasteiger partial charge in [-0.2, -0.15) is 0 Å². The molecule has 0 radical (unpaired) electrons. The number of aliphatic hydroxyl groups is 2. The van der Waals surface area contributed by atoms with Crippen molar-refractivity contribution in [3.8, 4) is 0 Å². The first-order chi connectivity index (χ1) is 7.34. The smallest absolute Gasteiger partial charge is 0.0697 e. The number of hydrogen-bond acceptors (Lipinski definition) is 4. The molecule has 0 bridgehead atoms. The molecule has 0 heterocycles. The summed E-state index contributed by atoms with van der Waals surface area (Å²) in [5.41, 5.74) is 0. The maximum absolute atomic E-state index is 9.68. The fraction of sp³-hybridized carbons (Fsp3) is 1.00. The molecule has 1 fully saturated rings. The fourth-order valence-electron chi connectivity index (χ4n) is 1.98. The molecule has 15 heavy (non-hydrogen) atoms. The van der Waals surface area contributed by atoms with E-state index in [2.05, 4.69) is 5.32 Å². The van der Waals surface area contributed by atoms with E-state index < -0.39 is 0 Å². The number of rotatable bonds is 7. The molecule has 90 valence electrons. The SMILES string of the molecule is OCCOCCCN[C@@H]1CCCC[C@H]1O. The van der Waals surface area contributed by atoms with E-state index in [-0.39, 0.29) is 18.8 Å². The molecule has 0 unspecified atom stereocenters. The average molecular weight is 217 g/mol. The fourth-order valence-corrected chi connectivity index (χ4v) is 1.98. The van der Waals surface area contributed by atoms with Crippen LogP contribution in [0.1, 0.15) is 32.1 Å². The van der Waals surface area contributed by atoms with Crippen LogP contribution in [-0.2, 0) is 4.74 Å². The highest BCUT2D eigenvalue weighted by Gasteiger charge is 2.21. The predicted molar refractivity (Wildman–Crippen MR) is 58.8 cm³/mol. The molecule has 0 spiro atoms. The second-order valence-corrected chi connectivity index (χ2v) is 4.10. The molecule has 4 nitrogen and oxygen atoms in total. The second kappa shape index (κ2) is 8.05. The van der Waals surface area contributed by atoms with E-state index in [0.717, 1.165) is 32.2 Å². The van der Waals surface area contributed by atoms with Crippen molar-refractivity contribution in [1.29, 1.82) is 0 Å². The van der Waals surface area contributed by atoms with Gasteiger partial charge < -0.3 is 20.3 Å². The van der Waals surface area contributed by atoms with Crippen molar-refractivity contribution < 1.29 is 14.9 Å². The van der Waals surface area contributed by atoms with E-state index in [1.54, 1.807) is 0 Å². The van der Waals surface area contributed by atoms with Gasteiger partial charge in [0.2, 0.25) is 0 Å². The number of hydrogen-bond donors (Lipinski definition) is 3. The van der Waals surface area contributed by atoms with Crippen molar-refractivity contribution in [2.24, 2.45) is 0 Å². The third-order valence-electron chi connectivity index (χ3n) is 2.84. The normalized spacial score (nSPS) is 26.8. The summed E-state index contributed by atoms with van der Waals surface area (Å²) >= 11 is 0. The quantitative estimate of drug-likeness (QED) is 0.536. The second-order valence-electron chi connectivity index (χ2n) is 4.10. The van der Waals surface area contributed by atoms with Gasteiger partial charge in [-0.25, -0.2) is 0 Å². The van der Waals surface area contributed by atoms with Crippen LogP contribution in [0.3, 0.4) is 0 Å². The standard InChI is InChI=1S/C11H23NO3/c13-7-9-15-8-3-6-12-10-4-1-2-5-11(10)14/h10-14H,1-9H2/t10-,11-/m1/s1. The van der Waals surface area contributed by atoms with E-state index in [1.807, 2.05) is 0 Å². The van der Waals surface area contributed by atoms with E-state index in [1.165, 1.54) is 6.42 Å². The lowest BCUT2D eigenvalue weighted by Gasteiger charge is -2.28. The minimum atomic E-state index is -0.169. The molecule has 3 N–H and O–H groups in total. The monoisotopic (exact) mass is 217 g/mol. The van der Waals surface area contributed by atoms with Crippen LogP contribution in [0.5, 0.6) is 0 Å². The summed E-state index contributed by atoms with van der Waals surface area (Å²) < 4.78 is 5.15. The highest BCUT2D eigenvalue weighted by molar-refractivity contribution is 4.79. The van der Waals surface area contributed by atoms with Gasteiger partial charge in [0.25, 0.3) is 0 Å². The lowest BCUT2D eigenvalue weighted by atomic mass is 9.92. The van der Waals surface area contributed by atoms with Crippen molar-refractivity contribution in [2.45, 2.75) is 44.2 Å². The predicted octanol–water partition coefficient (Wildman–Crippen LogP) is 0.278. The van der Waals surface area contributed by atoms with E-state index in [0.29, 0.717) is 13.2 Å². The Morgan fingerprint density at radius 3 is 2.73 bits per heavy atom. The summed E-state index contributed by atoms with van der Waals surface area (Å²) in [6.07, 6.45) is 5.15. The molecule has 1 aliphatic rings. The topological polar surface area (TPSA) is 61.7 Å². The summed E-state index contributed by atoms with van der Waals surface area (Å²) in [6, 6.07) is 0.275. The molecule has 0 amide bonds. The van der Waals surface area contributed by atoms with Gasteiger partial charge in [-0.1, -0.05) is 12.8 Å². The van der Waals surface area contributed by atoms with Gasteiger partial charge in [-0.3, -0.25) is 0 Å². The summed E-state index contributed by atoms with van der Waals surface area (Å²) in [5, 5.41) is 21.5. The molecule has 0 aromatic rings. The van der Waals surface area contributed by atoms with Crippen molar-refractivity contribution in [1.82, 2.24) is 5.32 Å². The Morgan fingerprint density at radius 1 is 1.20 bits per heavy atom. The zero-order valence-electron chi connectivity index (χ0n) is 9.32. The number of ether oxygens (including phenoxy) is 1. The van der Waals surface area contributed by atoms with E-state index in [4.69, 9.17) is 9.84 Å². The molecule has 1 saturated carbocycles. The van der Waals surface area contributed by atoms with Gasteiger partial charge in [0.15, 0.2) is 0 Å². The molecule has 0 aromatic heterocycles. The van der Waals surface area contributed by atoms with E-state index in [9.17, 15) is 5.11 Å². The highest BCUT2D eigenvalue weighted by Crippen LogP contribution is 2.18. The number of aliphatic hydroxyl groups excluding tert-OH is 2. The molecule has 0 aromatic carbocycles. The van der Waals surface area contributed by atoms with Crippen molar-refractivity contribution in [3.63, 3.8) is 0 Å². The van der Waals surface area contributed by atoms with Gasteiger partial charge in [-0.05, 0) is 25.8 Å². The zero-order valence-corrected chi connectivity index (χ0v) is 9.32. The van der Waals surface area contributed by atoms with Gasteiger partial charge in [0.05, 0.1) is 19.3 Å². The Morgan fingerprint density at radius 2 is 2.00 bits per heavy atom. The average Bonchev–Trinajstić information content (AvgIpc) is 2.25. The summed E-state index contributed by atoms with van der Waals surface area (Å²) in [4.78, 5) is 0. The molecule has 0 saturated heterocycles. The molecular formula is C11H23NO3. The van der Waals surface area contributed by atoms with Crippen LogP contribution in [-0.4, -0.2) is 48.7 Å². The molecular weight excluding hydrogens is 194 g/mol. The Bertz CT molecular complexity index is 155. The maximum Gasteiger partial charge on any atom is 0.0697 e. The Balaban J connectivity index is 1.94. The van der Waals surface area contributed by atoms with Gasteiger partial charge in [-0.15, -0.1) is 0 Å². The first-order valence-electron chi connectivity index (χ1n) is 5.94. The lowest BCUT2D eigenvalue weighted by molar-refractivity contribution is 0.0790. The Labute approximate surface area is 91.6 Å². The maximum atomic E-state index is 9.68. The minimum Gasteiger partial charge on any atom is -0.394 e. The van der Waals surface area contributed by atoms with Crippen LogP contribution in [0.15, 0.2) is 0 Å². The van der Waals surface area contributed by atoms with Gasteiger partial charge in [0.1, 0.15) is 0 Å². The summed E-state index contributed by atoms with van der Waals surface area (Å²) in [5.74, 6) is 0. The molecule has 4 heteroatoms. The van der Waals surface area contributed by atoms with Crippen LogP contribution < -0.4 is 5.32 Å². The first-order valence-corrected chi connectivity index (χ1v) is 5.94. The van der Waals surface area contributed by atoms with Crippen molar-refractivity contribution >= 4 is 0 Å². The first kappa shape index (κ1) is 12.9. The van der Waals surface area contributed by atoms with Crippen molar-refractivity contribution in [3.05, 3.63) is 0 Å². The summed E-state index contributed by atoms with van der Waals surface area (Å²) in [7, 11) is 0. The lowest BCUT2D eigenvalue weighted by Crippen LogP contribution is -2.42. The Hall–Kier alpha value is -0.160. The van der Waals surface area contributed by atoms with Gasteiger partial charge in [0, 0.05) is 12.6 Å². The zero-order chi connectivity index (χ0) is 10.9. The molecule has 2 atom stereocenters. The summed E-state index contributed by atoms with van der Waals surface area (Å²) in [6.45, 7) is 2.07. The van der Waals surface area contributed by atoms with Crippen LogP contribution in [0.2, 0.25) is 0 Å². The largest absolute Gasteiger partial charge is 0.394 e.